The van der Waals surface area contributed by atoms with E-state index < -0.39 is 128 Å². The highest BCUT2D eigenvalue weighted by atomic mass is 33.1. The molecule has 0 saturated carbocycles. The molecule has 144 heavy (non-hydrogen) atoms. The van der Waals surface area contributed by atoms with Crippen LogP contribution in [-0.4, -0.2) is 340 Å². The van der Waals surface area contributed by atoms with Gasteiger partial charge in [0.1, 0.15) is 42.3 Å². The van der Waals surface area contributed by atoms with Gasteiger partial charge in [0, 0.05) is 135 Å². The number of phenolic OH excluding ortho intramolecular Hbond substituents is 1. The Hall–Kier alpha value is -8.10. The molecule has 830 valence electrons. The van der Waals surface area contributed by atoms with E-state index in [0.717, 1.165) is 42.7 Å². The number of aliphatic carboxylic acids is 1. The topological polar surface area (TPSA) is 572 Å². The molecule has 0 bridgehead atoms. The second kappa shape index (κ2) is 80.9. The highest BCUT2D eigenvalue weighted by Crippen LogP contribution is 2.37. The number of aromatic hydroxyl groups is 1. The molecule has 1 saturated heterocycles. The van der Waals surface area contributed by atoms with E-state index in [0.29, 0.717) is 77.3 Å². The molecule has 1 aliphatic rings. The summed E-state index contributed by atoms with van der Waals surface area (Å²) in [7, 11) is 11.1. The zero-order chi connectivity index (χ0) is 109. The number of benzene rings is 1. The van der Waals surface area contributed by atoms with Crippen molar-refractivity contribution in [3.8, 4) is 5.75 Å². The molecule has 1 aromatic heterocycles. The van der Waals surface area contributed by atoms with Gasteiger partial charge in [-0.3, -0.25) is 67.2 Å². The minimum atomic E-state index is -1.06. The van der Waals surface area contributed by atoms with Gasteiger partial charge in [-0.15, -0.1) is 11.3 Å². The third-order valence-corrected chi connectivity index (χ3v) is 26.3. The molecule has 0 radical (unpaired) electrons. The summed E-state index contributed by atoms with van der Waals surface area (Å²) in [5, 5.41) is 79.5. The monoisotopic (exact) mass is 2110 g/mol. The van der Waals surface area contributed by atoms with Crippen LogP contribution in [0.1, 0.15) is 278 Å². The van der Waals surface area contributed by atoms with E-state index in [1.54, 1.807) is 40.6 Å². The minimum absolute atomic E-state index is 0.000211. The zero-order valence-electron chi connectivity index (χ0n) is 88.5. The number of nitrogens with zero attached hydrogens (tertiary/aromatic N) is 3. The summed E-state index contributed by atoms with van der Waals surface area (Å²) in [6, 6.07) is 3.71. The Balaban J connectivity index is 0.00000261. The normalized spacial score (nSPS) is 15.5. The SMILES string of the molecule is CCC(CO)OC(CO)OC.CCC(CO)OC(COC(=O)CCCC(=O)NCCCNC(=O)CCC(C)(C)SSC)OC.CCC(CO)OC(COC(=O)CCCC(=O)NCCCOC(=O)[C@@H](C)C[C@H](Cc1ccc(O)cc1)NC(=O)c1csc([C@@H](C[C@H](C(C)C)N(COC(=O)CC(C)C)C(=O)[C@@H](NC(=O)[C@H]2CCCCN2C)[C@@H](C)CC)OC(C)=O)n1)OC.CCC(CO)OC(COC(=O)CCCC(=O)O)OC. The predicted octanol–water partition coefficient (Wildman–Crippen LogP) is 9.08. The van der Waals surface area contributed by atoms with Crippen LogP contribution in [0.5, 0.6) is 5.75 Å². The minimum Gasteiger partial charge on any atom is -0.508 e. The number of methoxy groups -OCH3 is 4. The first-order valence-corrected chi connectivity index (χ1v) is 53.2. The van der Waals surface area contributed by atoms with Gasteiger partial charge in [0.15, 0.2) is 38.0 Å². The quantitative estimate of drug-likeness (QED) is 0.00965. The second-order valence-electron chi connectivity index (χ2n) is 36.0. The Bertz CT molecular complexity index is 3870. The number of aliphatic hydroxyl groups is 5. The van der Waals surface area contributed by atoms with Crippen LogP contribution in [0.4, 0.5) is 0 Å². The summed E-state index contributed by atoms with van der Waals surface area (Å²) >= 11 is 1.08. The Morgan fingerprint density at radius 1 is 0.569 bits per heavy atom. The van der Waals surface area contributed by atoms with Crippen molar-refractivity contribution in [2.45, 2.75) is 342 Å². The number of rotatable bonds is 74. The smallest absolute Gasteiger partial charge is 0.308 e. The number of likely N-dealkylation sites (tertiary alicyclic amines) is 1. The fourth-order valence-corrected chi connectivity index (χ4v) is 16.8. The molecule has 1 aromatic carbocycles. The average molecular weight is 2110 g/mol. The molecule has 45 heteroatoms. The molecule has 3 rings (SSSR count). The van der Waals surface area contributed by atoms with Gasteiger partial charge in [-0.05, 0) is 159 Å². The molecular formula is C99H172N8O34S3. The number of ether oxygens (including phenoxy) is 14. The van der Waals surface area contributed by atoms with Crippen molar-refractivity contribution in [2.75, 3.05) is 134 Å². The highest BCUT2D eigenvalue weighted by Gasteiger charge is 2.41. The van der Waals surface area contributed by atoms with Crippen LogP contribution in [0, 0.1) is 23.7 Å². The van der Waals surface area contributed by atoms with E-state index in [4.69, 9.17) is 91.8 Å². The van der Waals surface area contributed by atoms with Crippen LogP contribution in [0.25, 0.3) is 0 Å². The van der Waals surface area contributed by atoms with E-state index in [1.807, 2.05) is 87.4 Å². The van der Waals surface area contributed by atoms with E-state index in [2.05, 4.69) is 45.4 Å². The standard InChI is InChI=1S/C58H92N6O16S.C22H42N2O7S2.C12H22O7.C7H16O4/c1-12-38(7)53(62-55(72)46-18-14-15-26-63(46)10)57(73)64(35-78-51(70)28-36(3)4)47(37(5)6)31-48(79-40(9)66)56-61-45(34-81-56)54(71)60-42(30-41-21-23-43(67)24-22-41)29-39(8)58(74)76-27-17-25-59-49(68)19-16-20-50(69)77-33-52(75-11)80-44(13-2)32-65;1-6-17(15-25)31-21(29-4)16-30-20(28)10-7-9-18(26)23-13-8-14-24-19(27)11-12-22(2,3)33-32-5;1-3-9(7-13)19-12(17-2)8-18-11(16)6-4-5-10(14)15;1-3-6(4-8)11-7(5-9)10-2/h21-24,34,36-39,42,44,46-48,52-53,65,67H,12-20,25-33,35H2,1-11H3,(H,59,68)(H,60,71)(H,62,72);17,21,25H,6-16H2,1-5H3,(H,23,26)(H,24,27);9,12-13H,3-8H2,1-2H3,(H,14,15);6-9H,3-5H2,1-2H3/t38-,39-,42+,44?,46+,47+,48+,52?,53-;;;/m0.../s1. The Labute approximate surface area is 862 Å². The zero-order valence-corrected chi connectivity index (χ0v) is 90.9. The second-order valence-corrected chi connectivity index (χ2v) is 40.0. The van der Waals surface area contributed by atoms with E-state index in [1.165, 1.54) is 57.8 Å². The third kappa shape index (κ3) is 62.9. The van der Waals surface area contributed by atoms with Crippen molar-refractivity contribution in [1.29, 1.82) is 0 Å². The first kappa shape index (κ1) is 136. The van der Waals surface area contributed by atoms with Gasteiger partial charge in [-0.25, -0.2) is 4.98 Å². The van der Waals surface area contributed by atoms with Gasteiger partial charge in [0.25, 0.3) is 5.91 Å². The molecule has 1 fully saturated rings. The van der Waals surface area contributed by atoms with Crippen LogP contribution < -0.4 is 26.6 Å². The molecule has 2 heterocycles. The van der Waals surface area contributed by atoms with Crippen molar-refractivity contribution >= 4 is 110 Å². The van der Waals surface area contributed by atoms with Crippen molar-refractivity contribution in [3.05, 3.63) is 45.9 Å². The summed E-state index contributed by atoms with van der Waals surface area (Å²) in [5.41, 5.74) is 0.772. The largest absolute Gasteiger partial charge is 0.508 e. The number of piperidine rings is 1. The molecular weight excluding hydrogens is 1940 g/mol. The van der Waals surface area contributed by atoms with Gasteiger partial charge >= 0.3 is 41.8 Å². The van der Waals surface area contributed by atoms with Gasteiger partial charge < -0.3 is 134 Å². The fraction of sp³-hybridized carbons (Fsp3) is 0.778. The molecule has 2 aromatic rings. The number of amides is 6. The number of phenols is 1. The number of carbonyl (C=O) groups is 13. The predicted molar refractivity (Wildman–Crippen MR) is 541 cm³/mol. The maximum atomic E-state index is 15.0. The molecule has 12 N–H and O–H groups in total. The number of carbonyl (C=O) groups excluding carboxylic acids is 12. The molecule has 1 aliphatic heterocycles. The first-order valence-electron chi connectivity index (χ1n) is 49.8. The summed E-state index contributed by atoms with van der Waals surface area (Å²) in [6.07, 6.45) is 6.18. The van der Waals surface area contributed by atoms with Crippen LogP contribution in [0.3, 0.4) is 0 Å². The lowest BCUT2D eigenvalue weighted by Crippen LogP contribution is -2.59. The summed E-state index contributed by atoms with van der Waals surface area (Å²) in [5.74, 6) is -7.02. The number of esters is 6. The van der Waals surface area contributed by atoms with Crippen LogP contribution >= 0.6 is 32.9 Å². The summed E-state index contributed by atoms with van der Waals surface area (Å²) < 4.78 is 73.9. The van der Waals surface area contributed by atoms with Crippen LogP contribution in [0.2, 0.25) is 0 Å². The maximum absolute atomic E-state index is 15.0. The van der Waals surface area contributed by atoms with Gasteiger partial charge in [0.05, 0.1) is 76.0 Å². The number of nitrogens with one attached hydrogen (secondary N) is 5. The van der Waals surface area contributed by atoms with E-state index in [-0.39, 0.29) is 224 Å². The molecule has 15 atom stereocenters. The molecule has 0 aliphatic carbocycles. The number of likely N-dealkylation sites (N-methyl/N-ethyl adjacent to an activating group) is 1. The lowest BCUT2D eigenvalue weighted by molar-refractivity contribution is -0.194. The number of carboxylic acid groups (broad SMARTS) is 1. The number of thiazole rings is 1. The van der Waals surface area contributed by atoms with E-state index in [9.17, 15) is 72.5 Å². The third-order valence-electron chi connectivity index (χ3n) is 22.7. The molecule has 42 nitrogen and oxygen atoms in total. The number of aromatic nitrogens is 1. The van der Waals surface area contributed by atoms with Gasteiger partial charge in [0.2, 0.25) is 29.5 Å². The highest BCUT2D eigenvalue weighted by molar-refractivity contribution is 8.76. The van der Waals surface area contributed by atoms with E-state index >= 15 is 0 Å². The van der Waals surface area contributed by atoms with Crippen molar-refractivity contribution in [2.24, 2.45) is 23.7 Å². The molecule has 6 amide bonds. The van der Waals surface area contributed by atoms with Crippen molar-refractivity contribution in [3.63, 3.8) is 0 Å². The lowest BCUT2D eigenvalue weighted by Gasteiger charge is -2.39. The van der Waals surface area contributed by atoms with Crippen molar-refractivity contribution in [1.82, 2.24) is 41.4 Å². The average Bonchev–Trinajstić information content (AvgIpc) is 1.42. The van der Waals surface area contributed by atoms with Crippen LogP contribution in [-0.2, 0) is 130 Å². The Kier molecular flexibility index (Phi) is 76.4. The Morgan fingerprint density at radius 3 is 1.47 bits per heavy atom. The lowest BCUT2D eigenvalue weighted by atomic mass is 9.92. The van der Waals surface area contributed by atoms with Crippen molar-refractivity contribution < 1.29 is 164 Å². The summed E-state index contributed by atoms with van der Waals surface area (Å²) in [6.45, 7) is 26.5. The molecule has 8 unspecified atom stereocenters. The number of aliphatic hydroxyl groups excluding tert-OH is 5. The van der Waals surface area contributed by atoms with Gasteiger partial charge in [-0.2, -0.15) is 0 Å². The number of hydrogen-bond donors (Lipinski definition) is 12. The number of hydrogen-bond acceptors (Lipinski definition) is 38. The van der Waals surface area contributed by atoms with Gasteiger partial charge in [-0.1, -0.05) is 123 Å². The fourth-order valence-electron chi connectivity index (χ4n) is 13.8. The maximum Gasteiger partial charge on any atom is 0.308 e. The number of carboxylic acids is 1. The summed E-state index contributed by atoms with van der Waals surface area (Å²) in [4.78, 5) is 172. The molecule has 0 spiro atoms. The first-order chi connectivity index (χ1) is 68.5. The van der Waals surface area contributed by atoms with Crippen LogP contribution in [0.15, 0.2) is 29.6 Å². The Morgan fingerprint density at radius 2 is 1.04 bits per heavy atom.